The highest BCUT2D eigenvalue weighted by molar-refractivity contribution is 6.46. The molecule has 0 heterocycles. The van der Waals surface area contributed by atoms with Crippen molar-refractivity contribution in [1.29, 1.82) is 0 Å². The quantitative estimate of drug-likeness (QED) is 0.784. The molecule has 0 aromatic heterocycles. The summed E-state index contributed by atoms with van der Waals surface area (Å²) in [6, 6.07) is 0. The molecular weight excluding hydrogens is 326 g/mol. The smallest absolute Gasteiger partial charge is 0.185 e. The van der Waals surface area contributed by atoms with Crippen LogP contribution in [0.1, 0.15) is 5.56 Å². The summed E-state index contributed by atoms with van der Waals surface area (Å²) in [5, 5.41) is 17.9. The molecule has 0 radical (unpaired) electrons. The van der Waals surface area contributed by atoms with E-state index in [1.54, 1.807) is 0 Å². The van der Waals surface area contributed by atoms with Gasteiger partial charge in [0.15, 0.2) is 5.75 Å². The molecule has 0 spiro atoms. The van der Waals surface area contributed by atoms with Crippen LogP contribution in [0.2, 0.25) is 15.1 Å². The molecule has 0 aliphatic rings. The third-order valence-corrected chi connectivity index (χ3v) is 3.48. The van der Waals surface area contributed by atoms with E-state index in [2.05, 4.69) is 4.29 Å². The van der Waals surface area contributed by atoms with Crippen LogP contribution in [0.25, 0.3) is 0 Å². The van der Waals surface area contributed by atoms with Gasteiger partial charge in [-0.1, -0.05) is 34.8 Å². The second kappa shape index (κ2) is 7.48. The molecule has 1 aromatic rings. The molecule has 0 aliphatic carbocycles. The molecule has 0 fully saturated rings. The van der Waals surface area contributed by atoms with Crippen LogP contribution in [-0.4, -0.2) is 30.0 Å². The van der Waals surface area contributed by atoms with E-state index in [1.165, 1.54) is 0 Å². The minimum Gasteiger partial charge on any atom is -0.489 e. The van der Waals surface area contributed by atoms with E-state index >= 15 is 0 Å². The van der Waals surface area contributed by atoms with Gasteiger partial charge in [0.05, 0.1) is 11.6 Å². The van der Waals surface area contributed by atoms with Gasteiger partial charge in [-0.05, 0) is 0 Å². The van der Waals surface area contributed by atoms with Crippen molar-refractivity contribution >= 4 is 46.7 Å². The van der Waals surface area contributed by atoms with Crippen molar-refractivity contribution in [2.45, 2.75) is 6.42 Å². The fourth-order valence-corrected chi connectivity index (χ4v) is 2.43. The lowest BCUT2D eigenvalue weighted by molar-refractivity contribution is 0.199. The van der Waals surface area contributed by atoms with E-state index in [0.29, 0.717) is 5.56 Å². The minimum atomic E-state index is -0.197. The SMILES string of the molecule is OCCOc1c(Cl)c(Cl)c(OCl)c(Cl)c1CCO. The molecule has 1 aromatic carbocycles. The Balaban J connectivity index is 3.37. The third kappa shape index (κ3) is 3.26. The molecule has 4 nitrogen and oxygen atoms in total. The maximum Gasteiger partial charge on any atom is 0.185 e. The predicted octanol–water partition coefficient (Wildman–Crippen LogP) is 3.09. The Morgan fingerprint density at radius 3 is 2.00 bits per heavy atom. The molecular formula is C10H10Cl4O4. The Bertz CT molecular complexity index is 425. The number of benzene rings is 1. The summed E-state index contributed by atoms with van der Waals surface area (Å²) < 4.78 is 9.81. The monoisotopic (exact) mass is 334 g/mol. The van der Waals surface area contributed by atoms with Crippen LogP contribution in [0.5, 0.6) is 11.5 Å². The van der Waals surface area contributed by atoms with Gasteiger partial charge in [0.25, 0.3) is 0 Å². The number of hydrogen-bond acceptors (Lipinski definition) is 4. The summed E-state index contributed by atoms with van der Waals surface area (Å²) in [4.78, 5) is 0. The molecule has 0 bridgehead atoms. The van der Waals surface area contributed by atoms with Gasteiger partial charge in [-0.2, -0.15) is 0 Å². The molecule has 2 N–H and O–H groups in total. The first kappa shape index (κ1) is 16.0. The minimum absolute atomic E-state index is 0.00444. The first-order chi connectivity index (χ1) is 8.58. The second-order valence-corrected chi connectivity index (χ2v) is 4.49. The van der Waals surface area contributed by atoms with E-state index in [1.807, 2.05) is 0 Å². The van der Waals surface area contributed by atoms with Gasteiger partial charge in [-0.25, -0.2) is 0 Å². The van der Waals surface area contributed by atoms with Crippen LogP contribution < -0.4 is 9.03 Å². The summed E-state index contributed by atoms with van der Waals surface area (Å²) in [6.45, 7) is -0.349. The van der Waals surface area contributed by atoms with Gasteiger partial charge in [0.2, 0.25) is 0 Å². The molecule has 0 aliphatic heterocycles. The highest BCUT2D eigenvalue weighted by atomic mass is 35.5. The molecule has 0 atom stereocenters. The van der Waals surface area contributed by atoms with Gasteiger partial charge in [-0.3, -0.25) is 0 Å². The van der Waals surface area contributed by atoms with Crippen molar-refractivity contribution in [3.05, 3.63) is 20.6 Å². The van der Waals surface area contributed by atoms with Crippen molar-refractivity contribution in [2.24, 2.45) is 0 Å². The molecule has 102 valence electrons. The first-order valence-electron chi connectivity index (χ1n) is 4.90. The highest BCUT2D eigenvalue weighted by Crippen LogP contribution is 2.48. The molecule has 1 rings (SSSR count). The molecule has 8 heteroatoms. The maximum absolute atomic E-state index is 9.00. The summed E-state index contributed by atoms with van der Waals surface area (Å²) >= 11 is 23.2. The van der Waals surface area contributed by atoms with Crippen LogP contribution >= 0.6 is 46.7 Å². The van der Waals surface area contributed by atoms with E-state index in [-0.39, 0.29) is 52.8 Å². The van der Waals surface area contributed by atoms with Gasteiger partial charge < -0.3 is 19.2 Å². The average molecular weight is 336 g/mol. The van der Waals surface area contributed by atoms with Crippen molar-refractivity contribution in [3.63, 3.8) is 0 Å². The van der Waals surface area contributed by atoms with Crippen molar-refractivity contribution in [1.82, 2.24) is 0 Å². The van der Waals surface area contributed by atoms with Gasteiger partial charge in [-0.15, -0.1) is 0 Å². The Morgan fingerprint density at radius 2 is 1.50 bits per heavy atom. The first-order valence-corrected chi connectivity index (χ1v) is 6.35. The van der Waals surface area contributed by atoms with E-state index in [4.69, 9.17) is 61.6 Å². The lowest BCUT2D eigenvalue weighted by Crippen LogP contribution is -2.07. The number of aliphatic hydroxyl groups excluding tert-OH is 2. The van der Waals surface area contributed by atoms with Gasteiger partial charge in [0.1, 0.15) is 34.3 Å². The summed E-state index contributed by atoms with van der Waals surface area (Å²) in [5.74, 6) is 0.206. The maximum atomic E-state index is 9.00. The average Bonchev–Trinajstić information content (AvgIpc) is 2.36. The van der Waals surface area contributed by atoms with Crippen molar-refractivity contribution in [2.75, 3.05) is 19.8 Å². The van der Waals surface area contributed by atoms with Gasteiger partial charge in [0, 0.05) is 18.6 Å². The molecule has 18 heavy (non-hydrogen) atoms. The Hall–Kier alpha value is -0.100. The standard InChI is InChI=1S/C10H10Cl4O4/c11-6-5(1-2-15)9(17-4-3-16)7(12)8(13)10(6)18-14/h15-16H,1-4H2. The number of aliphatic hydroxyl groups is 2. The second-order valence-electron chi connectivity index (χ2n) is 3.20. The topological polar surface area (TPSA) is 58.9 Å². The van der Waals surface area contributed by atoms with Crippen LogP contribution in [-0.2, 0) is 6.42 Å². The Morgan fingerprint density at radius 1 is 0.889 bits per heavy atom. The number of ether oxygens (including phenoxy) is 1. The van der Waals surface area contributed by atoms with Crippen LogP contribution in [0.4, 0.5) is 0 Å². The molecule has 0 unspecified atom stereocenters. The van der Waals surface area contributed by atoms with E-state index in [0.717, 1.165) is 0 Å². The lowest BCUT2D eigenvalue weighted by Gasteiger charge is -2.16. The van der Waals surface area contributed by atoms with Gasteiger partial charge >= 0.3 is 0 Å². The number of halogens is 4. The number of hydrogen-bond donors (Lipinski definition) is 2. The Labute approximate surface area is 124 Å². The fraction of sp³-hybridized carbons (Fsp3) is 0.400. The molecule has 0 amide bonds. The molecule has 0 saturated carbocycles. The fourth-order valence-electron chi connectivity index (χ4n) is 1.37. The zero-order chi connectivity index (χ0) is 13.7. The van der Waals surface area contributed by atoms with Crippen LogP contribution in [0.3, 0.4) is 0 Å². The third-order valence-electron chi connectivity index (χ3n) is 2.11. The highest BCUT2D eigenvalue weighted by Gasteiger charge is 2.23. The molecule has 0 saturated heterocycles. The van der Waals surface area contributed by atoms with Crippen LogP contribution in [0, 0.1) is 0 Å². The zero-order valence-corrected chi connectivity index (χ0v) is 12.1. The van der Waals surface area contributed by atoms with E-state index < -0.39 is 0 Å². The predicted molar refractivity (Wildman–Crippen MR) is 71.3 cm³/mol. The van der Waals surface area contributed by atoms with E-state index in [9.17, 15) is 0 Å². The van der Waals surface area contributed by atoms with Crippen molar-refractivity contribution in [3.8, 4) is 11.5 Å². The zero-order valence-electron chi connectivity index (χ0n) is 9.05. The Kier molecular flexibility index (Phi) is 6.63. The summed E-state index contributed by atoms with van der Waals surface area (Å²) in [7, 11) is 0. The summed E-state index contributed by atoms with van der Waals surface area (Å²) in [5.41, 5.74) is 0.415. The van der Waals surface area contributed by atoms with Crippen LogP contribution in [0.15, 0.2) is 0 Å². The normalized spacial score (nSPS) is 10.6. The largest absolute Gasteiger partial charge is 0.489 e. The lowest BCUT2D eigenvalue weighted by atomic mass is 10.1. The van der Waals surface area contributed by atoms with Crippen molar-refractivity contribution < 1.29 is 19.2 Å². The number of rotatable bonds is 6. The summed E-state index contributed by atoms with van der Waals surface area (Å²) in [6.07, 6.45) is 0.184.